The predicted octanol–water partition coefficient (Wildman–Crippen LogP) is 4.23. The zero-order valence-corrected chi connectivity index (χ0v) is 22.6. The summed E-state index contributed by atoms with van der Waals surface area (Å²) in [4.78, 5) is 31.8. The third kappa shape index (κ3) is 4.68. The quantitative estimate of drug-likeness (QED) is 0.410. The van der Waals surface area contributed by atoms with Gasteiger partial charge in [0.05, 0.1) is 36.6 Å². The Morgan fingerprint density at radius 3 is 2.66 bits per heavy atom. The minimum Gasteiger partial charge on any atom is -0.493 e. The van der Waals surface area contributed by atoms with E-state index < -0.39 is 12.0 Å². The van der Waals surface area contributed by atoms with Crippen molar-refractivity contribution in [3.63, 3.8) is 0 Å². The number of esters is 1. The molecule has 3 aromatic rings. The van der Waals surface area contributed by atoms with Gasteiger partial charge in [-0.05, 0) is 43.7 Å². The predicted molar refractivity (Wildman–Crippen MR) is 139 cm³/mol. The molecule has 0 spiro atoms. The van der Waals surface area contributed by atoms with Crippen LogP contribution >= 0.6 is 38.9 Å². The summed E-state index contributed by atoms with van der Waals surface area (Å²) in [5, 5.41) is 0.432. The molecule has 0 saturated carbocycles. The molecule has 1 aliphatic rings. The topological polar surface area (TPSA) is 79.1 Å². The van der Waals surface area contributed by atoms with Crippen LogP contribution in [0.5, 0.6) is 11.5 Å². The number of halogens is 2. The average molecular weight is 578 g/mol. The van der Waals surface area contributed by atoms with Gasteiger partial charge in [0.2, 0.25) is 0 Å². The van der Waals surface area contributed by atoms with Crippen LogP contribution in [0.15, 0.2) is 61.9 Å². The lowest BCUT2D eigenvalue weighted by Gasteiger charge is -2.25. The van der Waals surface area contributed by atoms with E-state index in [4.69, 9.17) is 25.8 Å². The number of thiazole rings is 1. The minimum absolute atomic E-state index is 0.194. The summed E-state index contributed by atoms with van der Waals surface area (Å²) in [6.07, 6.45) is 1.73. The van der Waals surface area contributed by atoms with Crippen molar-refractivity contribution in [1.82, 2.24) is 4.57 Å². The molecule has 0 radical (unpaired) electrons. The summed E-state index contributed by atoms with van der Waals surface area (Å²) < 4.78 is 19.0. The molecule has 1 atom stereocenters. The Labute approximate surface area is 219 Å². The van der Waals surface area contributed by atoms with E-state index in [9.17, 15) is 9.59 Å². The van der Waals surface area contributed by atoms with Gasteiger partial charge in [-0.25, -0.2) is 9.79 Å². The average Bonchev–Trinajstić information content (AvgIpc) is 3.12. The Bertz CT molecular complexity index is 1530. The minimum atomic E-state index is -0.778. The molecule has 2 aromatic carbocycles. The molecule has 2 heterocycles. The van der Waals surface area contributed by atoms with Gasteiger partial charge >= 0.3 is 5.97 Å². The van der Waals surface area contributed by atoms with Crippen LogP contribution in [0.1, 0.15) is 31.0 Å². The summed E-state index contributed by atoms with van der Waals surface area (Å²) >= 11 is 11.2. The normalized spacial score (nSPS) is 15.5. The second kappa shape index (κ2) is 10.4. The largest absolute Gasteiger partial charge is 0.493 e. The Balaban J connectivity index is 2.01. The second-order valence-corrected chi connectivity index (χ2v) is 9.89. The standard InChI is InChI=1S/C25H22BrClN2O5S/c1-5-34-24(31)20-13(2)28-25-29(21(20)16-8-6-7-9-17(16)27)23(30)19(35-25)11-14-10-15(26)12-18(32-3)22(14)33-4/h6-12,21H,5H2,1-4H3/b19-11-/t21-/m0/s1. The monoisotopic (exact) mass is 576 g/mol. The van der Waals surface area contributed by atoms with Crippen LogP contribution in [0, 0.1) is 0 Å². The third-order valence-electron chi connectivity index (χ3n) is 5.48. The summed E-state index contributed by atoms with van der Waals surface area (Å²) in [5.41, 5.74) is 1.71. The zero-order valence-electron chi connectivity index (χ0n) is 19.4. The lowest BCUT2D eigenvalue weighted by atomic mass is 9.96. The number of hydrogen-bond donors (Lipinski definition) is 0. The molecule has 0 amide bonds. The number of ether oxygens (including phenoxy) is 3. The van der Waals surface area contributed by atoms with Crippen molar-refractivity contribution in [2.24, 2.45) is 4.99 Å². The first-order chi connectivity index (χ1) is 16.8. The van der Waals surface area contributed by atoms with E-state index in [1.54, 1.807) is 51.3 Å². The van der Waals surface area contributed by atoms with Crippen molar-refractivity contribution in [3.05, 3.63) is 88.0 Å². The molecule has 0 aliphatic carbocycles. The van der Waals surface area contributed by atoms with E-state index in [1.807, 2.05) is 12.1 Å². The van der Waals surface area contributed by atoms with Crippen LogP contribution in [-0.2, 0) is 9.53 Å². The number of carbonyl (C=O) groups excluding carboxylic acids is 1. The first-order valence-electron chi connectivity index (χ1n) is 10.7. The molecule has 0 bridgehead atoms. The van der Waals surface area contributed by atoms with Gasteiger partial charge in [0.15, 0.2) is 16.3 Å². The lowest BCUT2D eigenvalue weighted by molar-refractivity contribution is -0.139. The molecule has 0 N–H and O–H groups in total. The third-order valence-corrected chi connectivity index (χ3v) is 7.26. The zero-order chi connectivity index (χ0) is 25.3. The number of allylic oxidation sites excluding steroid dienone is 1. The van der Waals surface area contributed by atoms with E-state index in [0.717, 1.165) is 4.47 Å². The fourth-order valence-electron chi connectivity index (χ4n) is 3.99. The van der Waals surface area contributed by atoms with Crippen LogP contribution in [0.25, 0.3) is 6.08 Å². The number of fused-ring (bicyclic) bond motifs is 1. The SMILES string of the molecule is CCOC(=O)C1=C(C)N=c2s/c(=C\c3cc(Br)cc(OC)c3OC)c(=O)n2[C@H]1c1ccccc1Cl. The number of nitrogens with zero attached hydrogens (tertiary/aromatic N) is 2. The number of aromatic nitrogens is 1. The Hall–Kier alpha value is -2.88. The highest BCUT2D eigenvalue weighted by Crippen LogP contribution is 2.36. The van der Waals surface area contributed by atoms with Gasteiger partial charge in [0, 0.05) is 15.1 Å². The van der Waals surface area contributed by atoms with Crippen molar-refractivity contribution in [3.8, 4) is 11.5 Å². The molecule has 0 unspecified atom stereocenters. The molecule has 182 valence electrons. The highest BCUT2D eigenvalue weighted by atomic mass is 79.9. The second-order valence-electron chi connectivity index (χ2n) is 7.55. The molecule has 0 saturated heterocycles. The summed E-state index contributed by atoms with van der Waals surface area (Å²) in [5.74, 6) is 0.481. The molecule has 1 aliphatic heterocycles. The maximum atomic E-state index is 13.8. The molecule has 4 rings (SSSR count). The summed E-state index contributed by atoms with van der Waals surface area (Å²) in [6.45, 7) is 3.66. The Kier molecular flexibility index (Phi) is 7.49. The smallest absolute Gasteiger partial charge is 0.338 e. The lowest BCUT2D eigenvalue weighted by Crippen LogP contribution is -2.40. The number of hydrogen-bond acceptors (Lipinski definition) is 7. The molecule has 10 heteroatoms. The fraction of sp³-hybridized carbons (Fsp3) is 0.240. The van der Waals surface area contributed by atoms with Crippen molar-refractivity contribution in [2.45, 2.75) is 19.9 Å². The van der Waals surface area contributed by atoms with Crippen LogP contribution in [0.3, 0.4) is 0 Å². The van der Waals surface area contributed by atoms with E-state index in [-0.39, 0.29) is 17.7 Å². The molecule has 7 nitrogen and oxygen atoms in total. The Morgan fingerprint density at radius 2 is 2.00 bits per heavy atom. The molecule has 35 heavy (non-hydrogen) atoms. The van der Waals surface area contributed by atoms with E-state index in [2.05, 4.69) is 20.9 Å². The number of benzene rings is 2. The highest BCUT2D eigenvalue weighted by molar-refractivity contribution is 9.10. The van der Waals surface area contributed by atoms with Crippen LogP contribution < -0.4 is 24.4 Å². The first-order valence-corrected chi connectivity index (χ1v) is 12.6. The molecular weight excluding hydrogens is 556 g/mol. The maximum Gasteiger partial charge on any atom is 0.338 e. The maximum absolute atomic E-state index is 13.8. The fourth-order valence-corrected chi connectivity index (χ4v) is 5.72. The van der Waals surface area contributed by atoms with Gasteiger partial charge in [0.25, 0.3) is 5.56 Å². The molecule has 0 fully saturated rings. The van der Waals surface area contributed by atoms with E-state index in [0.29, 0.717) is 42.7 Å². The number of rotatable bonds is 6. The first kappa shape index (κ1) is 25.2. The van der Waals surface area contributed by atoms with Gasteiger partial charge in [-0.1, -0.05) is 57.1 Å². The van der Waals surface area contributed by atoms with Gasteiger partial charge in [-0.15, -0.1) is 0 Å². The van der Waals surface area contributed by atoms with E-state index >= 15 is 0 Å². The highest BCUT2D eigenvalue weighted by Gasteiger charge is 2.34. The number of carbonyl (C=O) groups is 1. The molecular formula is C25H22BrClN2O5S. The van der Waals surface area contributed by atoms with Crippen LogP contribution in [-0.4, -0.2) is 31.4 Å². The Morgan fingerprint density at radius 1 is 1.26 bits per heavy atom. The van der Waals surface area contributed by atoms with Crippen molar-refractivity contribution >= 4 is 50.9 Å². The summed E-state index contributed by atoms with van der Waals surface area (Å²) in [7, 11) is 3.09. The van der Waals surface area contributed by atoms with Crippen LogP contribution in [0.2, 0.25) is 5.02 Å². The summed E-state index contributed by atoms with van der Waals surface area (Å²) in [6, 6.07) is 9.97. The van der Waals surface area contributed by atoms with Crippen molar-refractivity contribution in [1.29, 1.82) is 0 Å². The number of methoxy groups -OCH3 is 2. The van der Waals surface area contributed by atoms with Crippen molar-refractivity contribution in [2.75, 3.05) is 20.8 Å². The van der Waals surface area contributed by atoms with Gasteiger partial charge in [-0.2, -0.15) is 0 Å². The van der Waals surface area contributed by atoms with Crippen LogP contribution in [0.4, 0.5) is 0 Å². The molecule has 1 aromatic heterocycles. The van der Waals surface area contributed by atoms with Crippen molar-refractivity contribution < 1.29 is 19.0 Å². The van der Waals surface area contributed by atoms with Gasteiger partial charge in [0.1, 0.15) is 6.04 Å². The van der Waals surface area contributed by atoms with E-state index in [1.165, 1.54) is 23.0 Å². The van der Waals surface area contributed by atoms with Gasteiger partial charge in [-0.3, -0.25) is 9.36 Å². The van der Waals surface area contributed by atoms with Gasteiger partial charge < -0.3 is 14.2 Å².